The van der Waals surface area contributed by atoms with Gasteiger partial charge in [0.25, 0.3) is 0 Å². The summed E-state index contributed by atoms with van der Waals surface area (Å²) in [6.07, 6.45) is 10.1. The highest BCUT2D eigenvalue weighted by Crippen LogP contribution is 2.33. The van der Waals surface area contributed by atoms with Crippen LogP contribution in [0.4, 0.5) is 0 Å². The number of nitrogens with zero attached hydrogens (tertiary/aromatic N) is 1. The molecule has 1 saturated carbocycles. The number of hydrogen-bond donors (Lipinski definition) is 0. The molecule has 1 aromatic rings. The molecule has 82 valence electrons. The van der Waals surface area contributed by atoms with Crippen molar-refractivity contribution in [2.24, 2.45) is 5.92 Å². The van der Waals surface area contributed by atoms with Crippen LogP contribution in [0.15, 0.2) is 18.5 Å². The van der Waals surface area contributed by atoms with Gasteiger partial charge < -0.3 is 0 Å². The Balaban J connectivity index is 1.99. The largest absolute Gasteiger partial charge is 0.263 e. The van der Waals surface area contributed by atoms with E-state index < -0.39 is 0 Å². The Kier molecular flexibility index (Phi) is 4.04. The lowest BCUT2D eigenvalue weighted by Crippen LogP contribution is -2.13. The molecule has 1 nitrogen and oxygen atoms in total. The minimum atomic E-state index is 0.569. The Labute approximate surface area is 104 Å². The van der Waals surface area contributed by atoms with Crippen molar-refractivity contribution in [1.29, 1.82) is 0 Å². The lowest BCUT2D eigenvalue weighted by Gasteiger charge is -2.17. The fourth-order valence-corrected chi connectivity index (χ4v) is 3.34. The van der Waals surface area contributed by atoms with Crippen LogP contribution in [0.2, 0.25) is 5.02 Å². The SMILES string of the molecule is Clc1cnccc1CC(Br)C1CCCC1. The third-order valence-corrected chi connectivity index (χ3v) is 4.59. The molecule has 2 rings (SSSR count). The second kappa shape index (κ2) is 5.31. The van der Waals surface area contributed by atoms with Gasteiger partial charge in [-0.05, 0) is 36.8 Å². The van der Waals surface area contributed by atoms with E-state index in [4.69, 9.17) is 11.6 Å². The molecule has 0 aromatic carbocycles. The quantitative estimate of drug-likeness (QED) is 0.759. The van der Waals surface area contributed by atoms with E-state index in [-0.39, 0.29) is 0 Å². The van der Waals surface area contributed by atoms with E-state index in [1.165, 1.54) is 31.2 Å². The fraction of sp³-hybridized carbons (Fsp3) is 0.583. The van der Waals surface area contributed by atoms with Crippen LogP contribution in [0.1, 0.15) is 31.2 Å². The molecule has 0 N–H and O–H groups in total. The molecule has 1 atom stereocenters. The molecule has 0 radical (unpaired) electrons. The Morgan fingerprint density at radius 1 is 1.47 bits per heavy atom. The smallest absolute Gasteiger partial charge is 0.0621 e. The summed E-state index contributed by atoms with van der Waals surface area (Å²) in [5.41, 5.74) is 1.21. The topological polar surface area (TPSA) is 12.9 Å². The van der Waals surface area contributed by atoms with Gasteiger partial charge in [-0.1, -0.05) is 40.4 Å². The van der Waals surface area contributed by atoms with Crippen LogP contribution in [-0.4, -0.2) is 9.81 Å². The highest BCUT2D eigenvalue weighted by atomic mass is 79.9. The summed E-state index contributed by atoms with van der Waals surface area (Å²) in [6, 6.07) is 2.02. The lowest BCUT2D eigenvalue weighted by molar-refractivity contribution is 0.525. The molecular weight excluding hydrogens is 273 g/mol. The van der Waals surface area contributed by atoms with Crippen molar-refractivity contribution in [1.82, 2.24) is 4.98 Å². The van der Waals surface area contributed by atoms with Gasteiger partial charge in [-0.25, -0.2) is 0 Å². The van der Waals surface area contributed by atoms with E-state index in [0.29, 0.717) is 4.83 Å². The zero-order valence-electron chi connectivity index (χ0n) is 8.63. The Morgan fingerprint density at radius 3 is 2.87 bits per heavy atom. The maximum atomic E-state index is 6.09. The van der Waals surface area contributed by atoms with Crippen LogP contribution in [0.3, 0.4) is 0 Å². The van der Waals surface area contributed by atoms with Crippen molar-refractivity contribution in [2.45, 2.75) is 36.9 Å². The Bertz CT molecular complexity index is 323. The van der Waals surface area contributed by atoms with E-state index >= 15 is 0 Å². The van der Waals surface area contributed by atoms with Crippen LogP contribution in [-0.2, 0) is 6.42 Å². The summed E-state index contributed by atoms with van der Waals surface area (Å²) < 4.78 is 0. The average Bonchev–Trinajstić information content (AvgIpc) is 2.74. The molecular formula is C12H15BrClN. The molecule has 1 heterocycles. The van der Waals surface area contributed by atoms with Crippen molar-refractivity contribution in [3.05, 3.63) is 29.0 Å². The number of pyridine rings is 1. The summed E-state index contributed by atoms with van der Waals surface area (Å²) in [7, 11) is 0. The monoisotopic (exact) mass is 287 g/mol. The van der Waals surface area contributed by atoms with Gasteiger partial charge in [0, 0.05) is 17.2 Å². The maximum absolute atomic E-state index is 6.09. The van der Waals surface area contributed by atoms with Gasteiger partial charge >= 0.3 is 0 Å². The van der Waals surface area contributed by atoms with Crippen LogP contribution >= 0.6 is 27.5 Å². The predicted molar refractivity (Wildman–Crippen MR) is 67.6 cm³/mol. The molecule has 0 bridgehead atoms. The number of aromatic nitrogens is 1. The summed E-state index contributed by atoms with van der Waals surface area (Å²) >= 11 is 9.89. The summed E-state index contributed by atoms with van der Waals surface area (Å²) in [5, 5.41) is 0.792. The predicted octanol–water partition coefficient (Wildman–Crippen LogP) is 4.23. The Morgan fingerprint density at radius 2 is 2.20 bits per heavy atom. The second-order valence-electron chi connectivity index (χ2n) is 4.23. The molecule has 1 aliphatic rings. The molecule has 0 spiro atoms. The van der Waals surface area contributed by atoms with Crippen molar-refractivity contribution < 1.29 is 0 Å². The van der Waals surface area contributed by atoms with Crippen molar-refractivity contribution in [3.63, 3.8) is 0 Å². The molecule has 0 aliphatic heterocycles. The highest BCUT2D eigenvalue weighted by Gasteiger charge is 2.23. The lowest BCUT2D eigenvalue weighted by atomic mass is 9.98. The first-order valence-corrected chi connectivity index (χ1v) is 6.79. The second-order valence-corrected chi connectivity index (χ2v) is 5.82. The van der Waals surface area contributed by atoms with E-state index in [0.717, 1.165) is 17.4 Å². The summed E-state index contributed by atoms with van der Waals surface area (Å²) in [5.74, 6) is 0.828. The zero-order chi connectivity index (χ0) is 10.7. The molecule has 0 saturated heterocycles. The van der Waals surface area contributed by atoms with Gasteiger partial charge in [0.15, 0.2) is 0 Å². The number of rotatable bonds is 3. The van der Waals surface area contributed by atoms with Crippen LogP contribution in [0.25, 0.3) is 0 Å². The molecule has 1 aliphatic carbocycles. The number of hydrogen-bond acceptors (Lipinski definition) is 1. The fourth-order valence-electron chi connectivity index (χ4n) is 2.27. The molecule has 15 heavy (non-hydrogen) atoms. The maximum Gasteiger partial charge on any atom is 0.0621 e. The van der Waals surface area contributed by atoms with Crippen molar-refractivity contribution in [2.75, 3.05) is 0 Å². The number of alkyl halides is 1. The molecule has 0 amide bonds. The van der Waals surface area contributed by atoms with E-state index in [2.05, 4.69) is 20.9 Å². The number of halogens is 2. The molecule has 1 unspecified atom stereocenters. The van der Waals surface area contributed by atoms with Crippen molar-refractivity contribution in [3.8, 4) is 0 Å². The normalized spacial score (nSPS) is 19.3. The first-order valence-electron chi connectivity index (χ1n) is 5.50. The van der Waals surface area contributed by atoms with E-state index in [1.807, 2.05) is 12.3 Å². The van der Waals surface area contributed by atoms with Gasteiger partial charge in [0.1, 0.15) is 0 Å². The first kappa shape index (κ1) is 11.4. The minimum Gasteiger partial charge on any atom is -0.263 e. The van der Waals surface area contributed by atoms with Crippen LogP contribution in [0.5, 0.6) is 0 Å². The average molecular weight is 289 g/mol. The van der Waals surface area contributed by atoms with Crippen LogP contribution < -0.4 is 0 Å². The van der Waals surface area contributed by atoms with Gasteiger partial charge in [0.05, 0.1) is 5.02 Å². The van der Waals surface area contributed by atoms with Crippen molar-refractivity contribution >= 4 is 27.5 Å². The molecule has 3 heteroatoms. The third-order valence-electron chi connectivity index (χ3n) is 3.18. The summed E-state index contributed by atoms with van der Waals surface area (Å²) in [6.45, 7) is 0. The van der Waals surface area contributed by atoms with E-state index in [1.54, 1.807) is 6.20 Å². The third kappa shape index (κ3) is 2.94. The van der Waals surface area contributed by atoms with Gasteiger partial charge in [-0.3, -0.25) is 4.98 Å². The van der Waals surface area contributed by atoms with E-state index in [9.17, 15) is 0 Å². The highest BCUT2D eigenvalue weighted by molar-refractivity contribution is 9.09. The van der Waals surface area contributed by atoms with Gasteiger partial charge in [0.2, 0.25) is 0 Å². The molecule has 1 aromatic heterocycles. The Hall–Kier alpha value is -0.0800. The zero-order valence-corrected chi connectivity index (χ0v) is 11.0. The first-order chi connectivity index (χ1) is 7.27. The minimum absolute atomic E-state index is 0.569. The summed E-state index contributed by atoms with van der Waals surface area (Å²) in [4.78, 5) is 4.57. The molecule has 1 fully saturated rings. The van der Waals surface area contributed by atoms with Gasteiger partial charge in [-0.2, -0.15) is 0 Å². The van der Waals surface area contributed by atoms with Crippen LogP contribution in [0, 0.1) is 5.92 Å². The standard InChI is InChI=1S/C12H15BrClN/c13-11(9-3-1-2-4-9)7-10-5-6-15-8-12(10)14/h5-6,8-9,11H,1-4,7H2. The van der Waals surface area contributed by atoms with Gasteiger partial charge in [-0.15, -0.1) is 0 Å².